The molecule has 0 bridgehead atoms. The first kappa shape index (κ1) is 12.8. The molecule has 0 unspecified atom stereocenters. The van der Waals surface area contributed by atoms with Crippen molar-refractivity contribution in [3.8, 4) is 0 Å². The molecule has 4 heteroatoms. The number of pyridine rings is 1. The Morgan fingerprint density at radius 3 is 2.80 bits per heavy atom. The van der Waals surface area contributed by atoms with Crippen molar-refractivity contribution in [3.63, 3.8) is 0 Å². The summed E-state index contributed by atoms with van der Waals surface area (Å²) in [7, 11) is 0. The number of ketones is 1. The number of aromatic nitrogens is 1. The van der Waals surface area contributed by atoms with E-state index >= 15 is 0 Å². The van der Waals surface area contributed by atoms with Gasteiger partial charge in [0.1, 0.15) is 0 Å². The van der Waals surface area contributed by atoms with Gasteiger partial charge >= 0.3 is 0 Å². The minimum absolute atomic E-state index is 0.0345. The van der Waals surface area contributed by atoms with Crippen LogP contribution < -0.4 is 0 Å². The molecule has 3 rings (SSSR count). The summed E-state index contributed by atoms with van der Waals surface area (Å²) in [6.07, 6.45) is 1.65. The molecule has 0 aliphatic heterocycles. The van der Waals surface area contributed by atoms with E-state index in [0.717, 1.165) is 5.39 Å². The van der Waals surface area contributed by atoms with Crippen LogP contribution >= 0.6 is 11.6 Å². The maximum absolute atomic E-state index is 13.9. The van der Waals surface area contributed by atoms with Crippen LogP contribution in [0.2, 0.25) is 5.02 Å². The van der Waals surface area contributed by atoms with Crippen molar-refractivity contribution in [2.24, 2.45) is 0 Å². The summed E-state index contributed by atoms with van der Waals surface area (Å²) in [6.45, 7) is 0. The zero-order valence-electron chi connectivity index (χ0n) is 10.3. The summed E-state index contributed by atoms with van der Waals surface area (Å²) in [5.41, 5.74) is 1.05. The predicted octanol–water partition coefficient (Wildman–Crippen LogP) is 4.26. The lowest BCUT2D eigenvalue weighted by Gasteiger charge is -2.05. The molecule has 0 radical (unpaired) electrons. The molecule has 2 nitrogen and oxygen atoms in total. The second kappa shape index (κ2) is 5.02. The highest BCUT2D eigenvalue weighted by atomic mass is 35.5. The molecule has 98 valence electrons. The first-order valence-corrected chi connectivity index (χ1v) is 6.38. The predicted molar refractivity (Wildman–Crippen MR) is 76.6 cm³/mol. The van der Waals surface area contributed by atoms with E-state index in [1.165, 1.54) is 12.1 Å². The summed E-state index contributed by atoms with van der Waals surface area (Å²) in [5.74, 6) is -1.10. The van der Waals surface area contributed by atoms with Crippen molar-refractivity contribution in [2.75, 3.05) is 0 Å². The van der Waals surface area contributed by atoms with E-state index in [-0.39, 0.29) is 10.6 Å². The molecule has 20 heavy (non-hydrogen) atoms. The average Bonchev–Trinajstić information content (AvgIpc) is 2.49. The zero-order chi connectivity index (χ0) is 14.1. The molecule has 0 spiro atoms. The third-order valence-electron chi connectivity index (χ3n) is 3.06. The quantitative estimate of drug-likeness (QED) is 0.659. The Bertz CT molecular complexity index is 816. The molecule has 0 saturated heterocycles. The lowest BCUT2D eigenvalue weighted by Crippen LogP contribution is -2.04. The topological polar surface area (TPSA) is 30.0 Å². The number of benzene rings is 2. The molecule has 0 fully saturated rings. The van der Waals surface area contributed by atoms with Gasteiger partial charge in [0.15, 0.2) is 11.6 Å². The third-order valence-corrected chi connectivity index (χ3v) is 3.36. The van der Waals surface area contributed by atoms with Gasteiger partial charge < -0.3 is 0 Å². The van der Waals surface area contributed by atoms with Crippen LogP contribution in [0.5, 0.6) is 0 Å². The van der Waals surface area contributed by atoms with Crippen LogP contribution in [0.15, 0.2) is 54.7 Å². The van der Waals surface area contributed by atoms with Gasteiger partial charge in [-0.2, -0.15) is 0 Å². The number of hydrogen-bond acceptors (Lipinski definition) is 2. The van der Waals surface area contributed by atoms with Crippen molar-refractivity contribution in [3.05, 3.63) is 76.7 Å². The standard InChI is InChI=1S/C16H9ClFNO/c17-13-5-1-4-12(15(13)18)16(20)11-7-6-10-3-2-8-19-14(10)9-11/h1-9H. The normalized spacial score (nSPS) is 10.7. The third kappa shape index (κ3) is 2.17. The summed E-state index contributed by atoms with van der Waals surface area (Å²) >= 11 is 5.70. The van der Waals surface area contributed by atoms with Crippen LogP contribution in [0.3, 0.4) is 0 Å². The second-order valence-corrected chi connectivity index (χ2v) is 4.75. The van der Waals surface area contributed by atoms with Gasteiger partial charge in [-0.05, 0) is 24.3 Å². The maximum atomic E-state index is 13.9. The summed E-state index contributed by atoms with van der Waals surface area (Å²) < 4.78 is 13.9. The number of fused-ring (bicyclic) bond motifs is 1. The molecule has 0 N–H and O–H groups in total. The molecular weight excluding hydrogens is 277 g/mol. The number of halogens is 2. The van der Waals surface area contributed by atoms with E-state index in [2.05, 4.69) is 4.98 Å². The molecule has 0 aliphatic carbocycles. The molecular formula is C16H9ClFNO. The van der Waals surface area contributed by atoms with Crippen LogP contribution in [0.4, 0.5) is 4.39 Å². The Labute approximate surface area is 119 Å². The van der Waals surface area contributed by atoms with E-state index in [9.17, 15) is 9.18 Å². The van der Waals surface area contributed by atoms with Gasteiger partial charge in [0.05, 0.1) is 16.1 Å². The van der Waals surface area contributed by atoms with Crippen molar-refractivity contribution in [2.45, 2.75) is 0 Å². The summed E-state index contributed by atoms with van der Waals surface area (Å²) in [6, 6.07) is 13.2. The van der Waals surface area contributed by atoms with Gasteiger partial charge in [-0.3, -0.25) is 9.78 Å². The maximum Gasteiger partial charge on any atom is 0.196 e. The van der Waals surface area contributed by atoms with E-state index in [1.807, 2.05) is 12.1 Å². The van der Waals surface area contributed by atoms with Crippen LogP contribution in [0.1, 0.15) is 15.9 Å². The van der Waals surface area contributed by atoms with Crippen LogP contribution in [-0.2, 0) is 0 Å². The fourth-order valence-electron chi connectivity index (χ4n) is 2.04. The molecule has 0 saturated carbocycles. The van der Waals surface area contributed by atoms with Crippen LogP contribution in [0, 0.1) is 5.82 Å². The van der Waals surface area contributed by atoms with E-state index < -0.39 is 11.6 Å². The van der Waals surface area contributed by atoms with Crippen molar-refractivity contribution >= 4 is 28.3 Å². The Kier molecular flexibility index (Phi) is 3.20. The Morgan fingerprint density at radius 2 is 1.95 bits per heavy atom. The van der Waals surface area contributed by atoms with Crippen LogP contribution in [0.25, 0.3) is 10.9 Å². The largest absolute Gasteiger partial charge is 0.288 e. The van der Waals surface area contributed by atoms with Gasteiger partial charge in [0, 0.05) is 17.1 Å². The van der Waals surface area contributed by atoms with Gasteiger partial charge in [0.2, 0.25) is 0 Å². The first-order chi connectivity index (χ1) is 9.66. The number of carbonyl (C=O) groups is 1. The highest BCUT2D eigenvalue weighted by Crippen LogP contribution is 2.22. The number of nitrogens with zero attached hydrogens (tertiary/aromatic N) is 1. The average molecular weight is 286 g/mol. The molecule has 1 aromatic heterocycles. The Hall–Kier alpha value is -2.26. The fourth-order valence-corrected chi connectivity index (χ4v) is 2.22. The molecule has 0 atom stereocenters. The zero-order valence-corrected chi connectivity index (χ0v) is 11.1. The SMILES string of the molecule is O=C(c1ccc2cccnc2c1)c1cccc(Cl)c1F. The summed E-state index contributed by atoms with van der Waals surface area (Å²) in [4.78, 5) is 16.5. The minimum atomic E-state index is -0.694. The molecule has 0 aliphatic rings. The van der Waals surface area contributed by atoms with Gasteiger partial charge in [-0.15, -0.1) is 0 Å². The summed E-state index contributed by atoms with van der Waals surface area (Å²) in [5, 5.41) is 0.866. The monoisotopic (exact) mass is 285 g/mol. The van der Waals surface area contributed by atoms with Gasteiger partial charge in [0.25, 0.3) is 0 Å². The fraction of sp³-hybridized carbons (Fsp3) is 0. The minimum Gasteiger partial charge on any atom is -0.288 e. The highest BCUT2D eigenvalue weighted by molar-refractivity contribution is 6.31. The molecule has 3 aromatic rings. The van der Waals surface area contributed by atoms with E-state index in [0.29, 0.717) is 11.1 Å². The molecule has 1 heterocycles. The lowest BCUT2D eigenvalue weighted by molar-refractivity contribution is 0.103. The van der Waals surface area contributed by atoms with Gasteiger partial charge in [-0.1, -0.05) is 35.9 Å². The van der Waals surface area contributed by atoms with E-state index in [4.69, 9.17) is 11.6 Å². The lowest BCUT2D eigenvalue weighted by atomic mass is 10.0. The Balaban J connectivity index is 2.10. The highest BCUT2D eigenvalue weighted by Gasteiger charge is 2.16. The van der Waals surface area contributed by atoms with Crippen molar-refractivity contribution < 1.29 is 9.18 Å². The smallest absolute Gasteiger partial charge is 0.196 e. The van der Waals surface area contributed by atoms with Gasteiger partial charge in [-0.25, -0.2) is 4.39 Å². The second-order valence-electron chi connectivity index (χ2n) is 4.34. The Morgan fingerprint density at radius 1 is 1.10 bits per heavy atom. The molecule has 0 amide bonds. The number of rotatable bonds is 2. The number of carbonyl (C=O) groups excluding carboxylic acids is 1. The number of hydrogen-bond donors (Lipinski definition) is 0. The van der Waals surface area contributed by atoms with Crippen molar-refractivity contribution in [1.82, 2.24) is 4.98 Å². The van der Waals surface area contributed by atoms with E-state index in [1.54, 1.807) is 30.5 Å². The van der Waals surface area contributed by atoms with Crippen LogP contribution in [-0.4, -0.2) is 10.8 Å². The van der Waals surface area contributed by atoms with Crippen molar-refractivity contribution in [1.29, 1.82) is 0 Å². The first-order valence-electron chi connectivity index (χ1n) is 6.00. The molecule has 2 aromatic carbocycles.